The van der Waals surface area contributed by atoms with Crippen molar-refractivity contribution in [3.05, 3.63) is 41.2 Å². The highest BCUT2D eigenvalue weighted by molar-refractivity contribution is 7.98. The molecule has 0 radical (unpaired) electrons. The Kier molecular flexibility index (Phi) is 4.48. The van der Waals surface area contributed by atoms with Gasteiger partial charge in [0.05, 0.1) is 24.7 Å². The van der Waals surface area contributed by atoms with Crippen LogP contribution in [0.25, 0.3) is 11.4 Å². The number of nitrogens with zero attached hydrogens (tertiary/aromatic N) is 3. The normalized spacial score (nSPS) is 11.0. The highest BCUT2D eigenvalue weighted by Crippen LogP contribution is 2.28. The van der Waals surface area contributed by atoms with Gasteiger partial charge in [-0.3, -0.25) is 0 Å². The summed E-state index contributed by atoms with van der Waals surface area (Å²) in [5, 5.41) is 9.18. The monoisotopic (exact) mass is 347 g/mol. The van der Waals surface area contributed by atoms with Crippen LogP contribution in [0.1, 0.15) is 27.6 Å². The van der Waals surface area contributed by atoms with Crippen LogP contribution in [-0.2, 0) is 17.5 Å². The van der Waals surface area contributed by atoms with E-state index in [0.29, 0.717) is 22.8 Å². The van der Waals surface area contributed by atoms with Crippen molar-refractivity contribution >= 4 is 17.7 Å². The van der Waals surface area contributed by atoms with Crippen LogP contribution in [0.15, 0.2) is 32.4 Å². The fraction of sp³-hybridized carbons (Fsp3) is 0.312. The number of thioether (sulfide) groups is 1. The van der Waals surface area contributed by atoms with Crippen molar-refractivity contribution in [3.8, 4) is 11.4 Å². The number of ether oxygens (including phenoxy) is 1. The number of hydrogen-bond donors (Lipinski definition) is 0. The van der Waals surface area contributed by atoms with Gasteiger partial charge in [-0.25, -0.2) is 4.79 Å². The van der Waals surface area contributed by atoms with E-state index in [1.54, 1.807) is 19.3 Å². The number of carbonyl (C=O) groups excluding carboxylic acids is 1. The summed E-state index contributed by atoms with van der Waals surface area (Å²) in [6, 6.07) is 3.57. The first-order chi connectivity index (χ1) is 11.5. The minimum Gasteiger partial charge on any atom is -0.469 e. The molecule has 8 heteroatoms. The molecule has 3 aromatic rings. The third-order valence-electron chi connectivity index (χ3n) is 3.65. The van der Waals surface area contributed by atoms with E-state index in [0.717, 1.165) is 22.3 Å². The topological polar surface area (TPSA) is 83.3 Å². The average Bonchev–Trinajstić information content (AvgIpc) is 3.24. The molecule has 0 aromatic carbocycles. The number of rotatable bonds is 5. The van der Waals surface area contributed by atoms with E-state index >= 15 is 0 Å². The van der Waals surface area contributed by atoms with Gasteiger partial charge in [-0.2, -0.15) is 0 Å². The molecule has 0 N–H and O–H groups in total. The molecule has 0 fully saturated rings. The number of aromatic nitrogens is 3. The predicted octanol–water partition coefficient (Wildman–Crippen LogP) is 3.36. The summed E-state index contributed by atoms with van der Waals surface area (Å²) in [6.45, 7) is 3.62. The van der Waals surface area contributed by atoms with Crippen molar-refractivity contribution in [2.75, 3.05) is 7.11 Å². The molecule has 0 aliphatic carbocycles. The number of aryl methyl sites for hydroxylation is 2. The van der Waals surface area contributed by atoms with E-state index in [2.05, 4.69) is 10.2 Å². The molecule has 0 atom stereocenters. The standard InChI is InChI=1S/C16H17N3O4S/c1-9-12(5-6-22-9)14-17-18-16(19(14)3)24-8-11-7-13(10(2)23-11)15(20)21-4/h5-7H,8H2,1-4H3. The van der Waals surface area contributed by atoms with Crippen LogP contribution in [0.2, 0.25) is 0 Å². The van der Waals surface area contributed by atoms with Crippen LogP contribution in [0.5, 0.6) is 0 Å². The Balaban J connectivity index is 1.75. The number of hydrogen-bond acceptors (Lipinski definition) is 7. The summed E-state index contributed by atoms with van der Waals surface area (Å²) in [6.07, 6.45) is 1.63. The lowest BCUT2D eigenvalue weighted by molar-refractivity contribution is 0.0599. The van der Waals surface area contributed by atoms with Gasteiger partial charge in [0.15, 0.2) is 11.0 Å². The van der Waals surface area contributed by atoms with Crippen LogP contribution in [-0.4, -0.2) is 27.8 Å². The van der Waals surface area contributed by atoms with Crippen LogP contribution >= 0.6 is 11.8 Å². The van der Waals surface area contributed by atoms with Crippen molar-refractivity contribution in [3.63, 3.8) is 0 Å². The van der Waals surface area contributed by atoms with Crippen LogP contribution < -0.4 is 0 Å². The lowest BCUT2D eigenvalue weighted by Gasteiger charge is -2.02. The van der Waals surface area contributed by atoms with E-state index in [1.807, 2.05) is 24.6 Å². The maximum absolute atomic E-state index is 11.6. The molecule has 126 valence electrons. The lowest BCUT2D eigenvalue weighted by atomic mass is 10.2. The molecule has 3 rings (SSSR count). The molecule has 0 aliphatic rings. The Bertz CT molecular complexity index is 878. The molecule has 0 saturated carbocycles. The third-order valence-corrected chi connectivity index (χ3v) is 4.69. The molecule has 0 bridgehead atoms. The van der Waals surface area contributed by atoms with E-state index in [9.17, 15) is 4.79 Å². The van der Waals surface area contributed by atoms with Crippen LogP contribution in [0.3, 0.4) is 0 Å². The molecule has 7 nitrogen and oxygen atoms in total. The second-order valence-corrected chi connectivity index (χ2v) is 6.16. The minimum atomic E-state index is -0.399. The summed E-state index contributed by atoms with van der Waals surface area (Å²) in [5.41, 5.74) is 1.36. The summed E-state index contributed by atoms with van der Waals surface area (Å²) in [4.78, 5) is 11.6. The van der Waals surface area contributed by atoms with Crippen LogP contribution in [0, 0.1) is 13.8 Å². The van der Waals surface area contributed by atoms with Gasteiger partial charge in [0.1, 0.15) is 22.8 Å². The Morgan fingerprint density at radius 1 is 1.33 bits per heavy atom. The maximum atomic E-state index is 11.6. The zero-order valence-electron chi connectivity index (χ0n) is 13.8. The highest BCUT2D eigenvalue weighted by Gasteiger charge is 2.18. The first-order valence-corrected chi connectivity index (χ1v) is 8.24. The van der Waals surface area contributed by atoms with Crippen LogP contribution in [0.4, 0.5) is 0 Å². The molecule has 24 heavy (non-hydrogen) atoms. The van der Waals surface area contributed by atoms with Gasteiger partial charge in [0, 0.05) is 7.05 Å². The number of methoxy groups -OCH3 is 1. The zero-order chi connectivity index (χ0) is 17.3. The number of esters is 1. The predicted molar refractivity (Wildman–Crippen MR) is 87.8 cm³/mol. The Hall–Kier alpha value is -2.48. The second kappa shape index (κ2) is 6.56. The van der Waals surface area contributed by atoms with Crippen molar-refractivity contribution in [2.45, 2.75) is 24.8 Å². The van der Waals surface area contributed by atoms with Crippen molar-refractivity contribution < 1.29 is 18.4 Å². The van der Waals surface area contributed by atoms with Gasteiger partial charge in [0.25, 0.3) is 0 Å². The van der Waals surface area contributed by atoms with Gasteiger partial charge in [-0.05, 0) is 26.0 Å². The van der Waals surface area contributed by atoms with Gasteiger partial charge in [-0.1, -0.05) is 11.8 Å². The Labute approximate surface area is 143 Å². The summed E-state index contributed by atoms with van der Waals surface area (Å²) in [5.74, 6) is 2.91. The largest absolute Gasteiger partial charge is 0.469 e. The van der Waals surface area contributed by atoms with Crippen molar-refractivity contribution in [1.29, 1.82) is 0 Å². The molecule has 0 spiro atoms. The van der Waals surface area contributed by atoms with E-state index < -0.39 is 5.97 Å². The maximum Gasteiger partial charge on any atom is 0.341 e. The van der Waals surface area contributed by atoms with Gasteiger partial charge < -0.3 is 18.1 Å². The summed E-state index contributed by atoms with van der Waals surface area (Å²) < 4.78 is 17.5. The van der Waals surface area contributed by atoms with Gasteiger partial charge in [-0.15, -0.1) is 10.2 Å². The van der Waals surface area contributed by atoms with E-state index in [1.165, 1.54) is 18.9 Å². The molecule has 0 unspecified atom stereocenters. The first kappa shape index (κ1) is 16.4. The van der Waals surface area contributed by atoms with E-state index in [4.69, 9.17) is 13.6 Å². The number of furan rings is 2. The van der Waals surface area contributed by atoms with Crippen molar-refractivity contribution in [1.82, 2.24) is 14.8 Å². The fourth-order valence-corrected chi connectivity index (χ4v) is 3.15. The fourth-order valence-electron chi connectivity index (χ4n) is 2.36. The lowest BCUT2D eigenvalue weighted by Crippen LogP contribution is -2.00. The SMILES string of the molecule is COC(=O)c1cc(CSc2nnc(-c3ccoc3C)n2C)oc1C. The Morgan fingerprint density at radius 3 is 2.79 bits per heavy atom. The molecular formula is C16H17N3O4S. The molecule has 3 aromatic heterocycles. The smallest absolute Gasteiger partial charge is 0.341 e. The highest BCUT2D eigenvalue weighted by atomic mass is 32.2. The van der Waals surface area contributed by atoms with Gasteiger partial charge in [0.2, 0.25) is 0 Å². The summed E-state index contributed by atoms with van der Waals surface area (Å²) in [7, 11) is 3.25. The van der Waals surface area contributed by atoms with Gasteiger partial charge >= 0.3 is 5.97 Å². The quantitative estimate of drug-likeness (QED) is 0.517. The molecular weight excluding hydrogens is 330 g/mol. The third kappa shape index (κ3) is 2.96. The average molecular weight is 347 g/mol. The zero-order valence-corrected chi connectivity index (χ0v) is 14.6. The number of carbonyl (C=O) groups is 1. The second-order valence-electron chi connectivity index (χ2n) is 5.22. The first-order valence-electron chi connectivity index (χ1n) is 7.25. The summed E-state index contributed by atoms with van der Waals surface area (Å²) >= 11 is 1.48. The molecule has 0 aliphatic heterocycles. The van der Waals surface area contributed by atoms with Crippen molar-refractivity contribution in [2.24, 2.45) is 7.05 Å². The van der Waals surface area contributed by atoms with E-state index in [-0.39, 0.29) is 0 Å². The minimum absolute atomic E-state index is 0.399. The Morgan fingerprint density at radius 2 is 2.12 bits per heavy atom. The molecule has 0 saturated heterocycles. The molecule has 3 heterocycles. The molecule has 0 amide bonds.